The lowest BCUT2D eigenvalue weighted by molar-refractivity contribution is -0.117. The van der Waals surface area contributed by atoms with Crippen LogP contribution in [0.2, 0.25) is 0 Å². The Balaban J connectivity index is 1.36. The van der Waals surface area contributed by atoms with E-state index in [0.29, 0.717) is 12.4 Å². The molecule has 1 saturated heterocycles. The van der Waals surface area contributed by atoms with Gasteiger partial charge in [0.15, 0.2) is 0 Å². The van der Waals surface area contributed by atoms with Crippen molar-refractivity contribution in [3.05, 3.63) is 60.0 Å². The number of anilines is 2. The normalized spacial score (nSPS) is 15.7. The van der Waals surface area contributed by atoms with Crippen LogP contribution in [0.15, 0.2) is 52.9 Å². The van der Waals surface area contributed by atoms with Crippen molar-refractivity contribution in [1.29, 1.82) is 0 Å². The van der Waals surface area contributed by atoms with Crippen LogP contribution in [-0.4, -0.2) is 42.8 Å². The van der Waals surface area contributed by atoms with Gasteiger partial charge in [0.2, 0.25) is 17.7 Å². The van der Waals surface area contributed by atoms with Crippen LogP contribution in [0.4, 0.5) is 11.7 Å². The van der Waals surface area contributed by atoms with Gasteiger partial charge in [-0.25, -0.2) is 0 Å². The molecule has 0 saturated carbocycles. The molecule has 1 aromatic heterocycles. The Kier molecular flexibility index (Phi) is 5.83. The molecule has 4 rings (SSSR count). The van der Waals surface area contributed by atoms with Crippen molar-refractivity contribution in [1.82, 2.24) is 10.2 Å². The van der Waals surface area contributed by atoms with Gasteiger partial charge >= 0.3 is 6.01 Å². The van der Waals surface area contributed by atoms with Gasteiger partial charge in [-0.1, -0.05) is 17.2 Å². The molecular formula is C22H22N4O5. The van der Waals surface area contributed by atoms with E-state index in [4.69, 9.17) is 13.9 Å². The summed E-state index contributed by atoms with van der Waals surface area (Å²) in [7, 11) is 3.18. The van der Waals surface area contributed by atoms with E-state index < -0.39 is 0 Å². The van der Waals surface area contributed by atoms with Crippen LogP contribution in [0, 0.1) is 0 Å². The third-order valence-corrected chi connectivity index (χ3v) is 5.07. The van der Waals surface area contributed by atoms with Crippen molar-refractivity contribution in [2.45, 2.75) is 18.8 Å². The quantitative estimate of drug-likeness (QED) is 0.624. The van der Waals surface area contributed by atoms with Crippen LogP contribution in [0.5, 0.6) is 11.5 Å². The molecular weight excluding hydrogens is 400 g/mol. The maximum absolute atomic E-state index is 12.5. The van der Waals surface area contributed by atoms with Crippen LogP contribution in [0.1, 0.15) is 23.8 Å². The highest BCUT2D eigenvalue weighted by Gasteiger charge is 2.35. The van der Waals surface area contributed by atoms with E-state index >= 15 is 0 Å². The molecule has 9 heteroatoms. The van der Waals surface area contributed by atoms with Crippen LogP contribution >= 0.6 is 0 Å². The molecule has 1 fully saturated rings. The number of rotatable bonds is 7. The van der Waals surface area contributed by atoms with E-state index in [1.54, 1.807) is 43.4 Å². The Labute approximate surface area is 179 Å². The van der Waals surface area contributed by atoms with Gasteiger partial charge in [-0.3, -0.25) is 14.9 Å². The summed E-state index contributed by atoms with van der Waals surface area (Å²) in [6.45, 7) is 0.423. The van der Waals surface area contributed by atoms with Gasteiger partial charge in [-0.2, -0.15) is 0 Å². The van der Waals surface area contributed by atoms with E-state index in [1.807, 2.05) is 24.3 Å². The highest BCUT2D eigenvalue weighted by molar-refractivity contribution is 5.96. The lowest BCUT2D eigenvalue weighted by Crippen LogP contribution is -2.24. The summed E-state index contributed by atoms with van der Waals surface area (Å²) in [5, 5.41) is 10.5. The molecule has 2 amide bonds. The van der Waals surface area contributed by atoms with Gasteiger partial charge in [0.25, 0.3) is 0 Å². The number of ether oxygens (including phenoxy) is 2. The largest absolute Gasteiger partial charge is 0.497 e. The molecule has 2 aromatic carbocycles. The highest BCUT2D eigenvalue weighted by Crippen LogP contribution is 2.32. The fourth-order valence-corrected chi connectivity index (χ4v) is 3.43. The van der Waals surface area contributed by atoms with Crippen LogP contribution in [0.3, 0.4) is 0 Å². The first-order chi connectivity index (χ1) is 15.1. The number of carbonyl (C=O) groups excluding carboxylic acids is 2. The molecule has 0 aliphatic carbocycles. The summed E-state index contributed by atoms with van der Waals surface area (Å²) in [6, 6.07) is 14.5. The van der Waals surface area contributed by atoms with Crippen LogP contribution < -0.4 is 19.7 Å². The summed E-state index contributed by atoms with van der Waals surface area (Å²) < 4.78 is 15.9. The summed E-state index contributed by atoms with van der Waals surface area (Å²) in [4.78, 5) is 26.4. The fourth-order valence-electron chi connectivity index (χ4n) is 3.43. The summed E-state index contributed by atoms with van der Waals surface area (Å²) in [5.41, 5.74) is 1.61. The summed E-state index contributed by atoms with van der Waals surface area (Å²) in [6.07, 6.45) is 0.419. The lowest BCUT2D eigenvalue weighted by atomic mass is 10.1. The Morgan fingerprint density at radius 3 is 2.35 bits per heavy atom. The number of aromatic nitrogens is 2. The monoisotopic (exact) mass is 422 g/mol. The van der Waals surface area contributed by atoms with Crippen LogP contribution in [0.25, 0.3) is 0 Å². The van der Waals surface area contributed by atoms with E-state index in [0.717, 1.165) is 22.7 Å². The minimum atomic E-state index is -0.275. The Bertz CT molecular complexity index is 1060. The van der Waals surface area contributed by atoms with Crippen molar-refractivity contribution in [2.75, 3.05) is 31.0 Å². The second-order valence-electron chi connectivity index (χ2n) is 7.12. The zero-order valence-electron chi connectivity index (χ0n) is 17.2. The number of amides is 2. The average molecular weight is 422 g/mol. The Morgan fingerprint density at radius 1 is 1.06 bits per heavy atom. The van der Waals surface area contributed by atoms with Gasteiger partial charge in [0.1, 0.15) is 11.5 Å². The number of carbonyl (C=O) groups is 2. The average Bonchev–Trinajstić information content (AvgIpc) is 3.41. The first-order valence-corrected chi connectivity index (χ1v) is 9.76. The fraction of sp³-hybridized carbons (Fsp3) is 0.273. The third-order valence-electron chi connectivity index (χ3n) is 5.07. The first kappa shape index (κ1) is 20.4. The van der Waals surface area contributed by atoms with E-state index in [9.17, 15) is 9.59 Å². The predicted molar refractivity (Wildman–Crippen MR) is 112 cm³/mol. The number of nitrogens with zero attached hydrogens (tertiary/aromatic N) is 3. The second kappa shape index (κ2) is 8.86. The van der Waals surface area contributed by atoms with E-state index in [-0.39, 0.29) is 36.6 Å². The molecule has 1 aliphatic heterocycles. The van der Waals surface area contributed by atoms with Crippen molar-refractivity contribution < 1.29 is 23.5 Å². The maximum Gasteiger partial charge on any atom is 0.322 e. The molecule has 31 heavy (non-hydrogen) atoms. The van der Waals surface area contributed by atoms with Crippen molar-refractivity contribution >= 4 is 23.5 Å². The van der Waals surface area contributed by atoms with E-state index in [1.165, 1.54) is 0 Å². The van der Waals surface area contributed by atoms with Gasteiger partial charge in [-0.05, 0) is 42.0 Å². The second-order valence-corrected chi connectivity index (χ2v) is 7.12. The van der Waals surface area contributed by atoms with Crippen molar-refractivity contribution in [2.24, 2.45) is 0 Å². The summed E-state index contributed by atoms with van der Waals surface area (Å²) >= 11 is 0. The lowest BCUT2D eigenvalue weighted by Gasteiger charge is -2.16. The zero-order valence-corrected chi connectivity index (χ0v) is 17.2. The minimum absolute atomic E-state index is 0.0175. The Hall–Kier alpha value is -3.88. The molecule has 2 heterocycles. The molecule has 0 radical (unpaired) electrons. The minimum Gasteiger partial charge on any atom is -0.497 e. The third kappa shape index (κ3) is 4.66. The van der Waals surface area contributed by atoms with Gasteiger partial charge in [-0.15, -0.1) is 5.10 Å². The van der Waals surface area contributed by atoms with E-state index in [2.05, 4.69) is 15.5 Å². The van der Waals surface area contributed by atoms with Gasteiger partial charge < -0.3 is 18.8 Å². The molecule has 0 unspecified atom stereocenters. The molecule has 1 aliphatic rings. The van der Waals surface area contributed by atoms with Gasteiger partial charge in [0.05, 0.1) is 26.6 Å². The molecule has 1 N–H and O–H groups in total. The first-order valence-electron chi connectivity index (χ1n) is 9.76. The molecule has 0 spiro atoms. The Morgan fingerprint density at radius 2 is 1.71 bits per heavy atom. The standard InChI is InChI=1S/C22H22N4O5/c1-29-17-7-3-14(4-8-17)11-19(27)23-22-25-24-21(31-22)15-12-20(28)26(13-15)16-5-9-18(30-2)10-6-16/h3-10,15H,11-13H2,1-2H3,(H,23,25,27)/t15-/m0/s1. The molecule has 0 bridgehead atoms. The number of hydrogen-bond acceptors (Lipinski definition) is 7. The highest BCUT2D eigenvalue weighted by atomic mass is 16.5. The van der Waals surface area contributed by atoms with Crippen molar-refractivity contribution in [3.63, 3.8) is 0 Å². The number of hydrogen-bond donors (Lipinski definition) is 1. The maximum atomic E-state index is 12.5. The molecule has 160 valence electrons. The predicted octanol–water partition coefficient (Wildman–Crippen LogP) is 2.79. The van der Waals surface area contributed by atoms with Crippen molar-refractivity contribution in [3.8, 4) is 11.5 Å². The number of nitrogens with one attached hydrogen (secondary N) is 1. The van der Waals surface area contributed by atoms with Gasteiger partial charge in [0, 0.05) is 18.7 Å². The molecule has 3 aromatic rings. The smallest absolute Gasteiger partial charge is 0.322 e. The zero-order chi connectivity index (χ0) is 21.8. The summed E-state index contributed by atoms with van der Waals surface area (Å²) in [5.74, 6) is 1.22. The topological polar surface area (TPSA) is 107 Å². The SMILES string of the molecule is COc1ccc(CC(=O)Nc2nnc([C@H]3CC(=O)N(c4ccc(OC)cc4)C3)o2)cc1. The number of benzene rings is 2. The van der Waals surface area contributed by atoms with Crippen LogP contribution in [-0.2, 0) is 16.0 Å². The molecule has 1 atom stereocenters. The molecule has 9 nitrogen and oxygen atoms in total. The number of methoxy groups -OCH3 is 2.